The Balaban J connectivity index is 1.71. The zero-order valence-corrected chi connectivity index (χ0v) is 14.6. The molecule has 3 aromatic rings. The Labute approximate surface area is 153 Å². The highest BCUT2D eigenvalue weighted by atomic mass is 79.9. The Hall–Kier alpha value is -2.92. The molecule has 0 unspecified atom stereocenters. The van der Waals surface area contributed by atoms with Gasteiger partial charge in [-0.05, 0) is 58.4 Å². The fraction of sp³-hybridized carbons (Fsp3) is 0. The summed E-state index contributed by atoms with van der Waals surface area (Å²) in [5.41, 5.74) is 0.909. The molecule has 0 aromatic heterocycles. The molecule has 0 bridgehead atoms. The second-order valence-electron chi connectivity index (χ2n) is 5.10. The first-order valence-corrected chi connectivity index (χ1v) is 8.27. The fourth-order valence-corrected chi connectivity index (χ4v) is 2.54. The van der Waals surface area contributed by atoms with Crippen molar-refractivity contribution in [2.45, 2.75) is 0 Å². The van der Waals surface area contributed by atoms with E-state index in [0.717, 1.165) is 0 Å². The topological polar surface area (TPSA) is 52.6 Å². The zero-order valence-electron chi connectivity index (χ0n) is 13.0. The molecule has 0 heterocycles. The van der Waals surface area contributed by atoms with Gasteiger partial charge in [0.05, 0.1) is 15.6 Å². The molecule has 5 heteroatoms. The van der Waals surface area contributed by atoms with Crippen molar-refractivity contribution in [3.05, 3.63) is 94.5 Å². The van der Waals surface area contributed by atoms with Gasteiger partial charge in [-0.25, -0.2) is 9.59 Å². The minimum atomic E-state index is -0.463. The van der Waals surface area contributed by atoms with Gasteiger partial charge >= 0.3 is 11.9 Å². The highest BCUT2D eigenvalue weighted by molar-refractivity contribution is 9.10. The molecule has 0 spiro atoms. The predicted octanol–water partition coefficient (Wildman–Crippen LogP) is 4.89. The van der Waals surface area contributed by atoms with Gasteiger partial charge in [-0.15, -0.1) is 0 Å². The van der Waals surface area contributed by atoms with Crippen LogP contribution in [0.25, 0.3) is 0 Å². The van der Waals surface area contributed by atoms with Crippen molar-refractivity contribution >= 4 is 27.9 Å². The molecule has 0 radical (unpaired) electrons. The smallest absolute Gasteiger partial charge is 0.343 e. The van der Waals surface area contributed by atoms with Crippen molar-refractivity contribution < 1.29 is 19.1 Å². The lowest BCUT2D eigenvalue weighted by Gasteiger charge is -2.09. The monoisotopic (exact) mass is 396 g/mol. The molecule has 124 valence electrons. The molecule has 0 saturated carbocycles. The Bertz CT molecular complexity index is 892. The van der Waals surface area contributed by atoms with Crippen LogP contribution < -0.4 is 9.47 Å². The molecular formula is C20H13BrO4. The van der Waals surface area contributed by atoms with Crippen LogP contribution in [0.1, 0.15) is 20.7 Å². The maximum absolute atomic E-state index is 12.1. The van der Waals surface area contributed by atoms with Crippen LogP contribution in [0.4, 0.5) is 0 Å². The van der Waals surface area contributed by atoms with Crippen molar-refractivity contribution in [1.29, 1.82) is 0 Å². The normalized spacial score (nSPS) is 10.1. The number of halogens is 1. The second kappa shape index (κ2) is 7.77. The number of carbonyl (C=O) groups is 2. The minimum Gasteiger partial charge on any atom is -0.423 e. The molecule has 0 saturated heterocycles. The van der Waals surface area contributed by atoms with Gasteiger partial charge in [0.1, 0.15) is 11.5 Å². The summed E-state index contributed by atoms with van der Waals surface area (Å²) in [6.07, 6.45) is 0. The van der Waals surface area contributed by atoms with Crippen LogP contribution in [0.3, 0.4) is 0 Å². The van der Waals surface area contributed by atoms with E-state index in [-0.39, 0.29) is 0 Å². The average molecular weight is 397 g/mol. The Morgan fingerprint density at radius 2 is 1.20 bits per heavy atom. The largest absolute Gasteiger partial charge is 0.423 e. The van der Waals surface area contributed by atoms with Crippen LogP contribution in [0.2, 0.25) is 0 Å². The van der Waals surface area contributed by atoms with E-state index in [4.69, 9.17) is 9.47 Å². The second-order valence-corrected chi connectivity index (χ2v) is 5.96. The van der Waals surface area contributed by atoms with Crippen LogP contribution in [-0.4, -0.2) is 11.9 Å². The van der Waals surface area contributed by atoms with E-state index in [2.05, 4.69) is 15.9 Å². The van der Waals surface area contributed by atoms with Gasteiger partial charge in [0.25, 0.3) is 0 Å². The van der Waals surface area contributed by atoms with Gasteiger partial charge < -0.3 is 9.47 Å². The molecule has 3 aromatic carbocycles. The first-order chi connectivity index (χ1) is 12.1. The Kier molecular flexibility index (Phi) is 5.26. The lowest BCUT2D eigenvalue weighted by molar-refractivity contribution is 0.0718. The van der Waals surface area contributed by atoms with Gasteiger partial charge in [-0.1, -0.05) is 36.4 Å². The molecule has 0 fully saturated rings. The third-order valence-electron chi connectivity index (χ3n) is 3.34. The molecule has 0 aliphatic rings. The number of esters is 2. The van der Waals surface area contributed by atoms with E-state index < -0.39 is 11.9 Å². The highest BCUT2D eigenvalue weighted by Crippen LogP contribution is 2.30. The molecule has 4 nitrogen and oxygen atoms in total. The molecule has 3 rings (SSSR count). The first-order valence-electron chi connectivity index (χ1n) is 7.47. The highest BCUT2D eigenvalue weighted by Gasteiger charge is 2.13. The molecular weight excluding hydrogens is 384 g/mol. The summed E-state index contributed by atoms with van der Waals surface area (Å²) in [6, 6.07) is 22.1. The van der Waals surface area contributed by atoms with Crippen LogP contribution in [0.5, 0.6) is 11.5 Å². The van der Waals surface area contributed by atoms with E-state index >= 15 is 0 Å². The van der Waals surface area contributed by atoms with Crippen molar-refractivity contribution in [1.82, 2.24) is 0 Å². The summed E-state index contributed by atoms with van der Waals surface area (Å²) >= 11 is 3.33. The lowest BCUT2D eigenvalue weighted by Crippen LogP contribution is -2.10. The lowest BCUT2D eigenvalue weighted by atomic mass is 10.2. The maximum atomic E-state index is 12.1. The van der Waals surface area contributed by atoms with E-state index in [1.807, 2.05) is 12.1 Å². The summed E-state index contributed by atoms with van der Waals surface area (Å²) in [6.45, 7) is 0. The molecule has 25 heavy (non-hydrogen) atoms. The van der Waals surface area contributed by atoms with Crippen molar-refractivity contribution in [3.8, 4) is 11.5 Å². The van der Waals surface area contributed by atoms with Gasteiger partial charge in [0.2, 0.25) is 0 Å². The molecule has 0 aliphatic heterocycles. The van der Waals surface area contributed by atoms with E-state index in [1.54, 1.807) is 66.7 Å². The summed E-state index contributed by atoms with van der Waals surface area (Å²) < 4.78 is 11.2. The number of hydrogen-bond donors (Lipinski definition) is 0. The van der Waals surface area contributed by atoms with Gasteiger partial charge in [0, 0.05) is 0 Å². The quantitative estimate of drug-likeness (QED) is 0.465. The van der Waals surface area contributed by atoms with Gasteiger partial charge in [0.15, 0.2) is 0 Å². The molecule has 0 amide bonds. The van der Waals surface area contributed by atoms with E-state index in [1.165, 1.54) is 0 Å². The summed E-state index contributed by atoms with van der Waals surface area (Å²) in [5, 5.41) is 0. The third kappa shape index (κ3) is 4.33. The van der Waals surface area contributed by atoms with Crippen molar-refractivity contribution in [3.63, 3.8) is 0 Å². The Morgan fingerprint density at radius 1 is 0.680 bits per heavy atom. The van der Waals surface area contributed by atoms with Gasteiger partial charge in [-0.2, -0.15) is 0 Å². The average Bonchev–Trinajstić information content (AvgIpc) is 2.65. The first kappa shape index (κ1) is 16.9. The van der Waals surface area contributed by atoms with Crippen LogP contribution in [-0.2, 0) is 0 Å². The standard InChI is InChI=1S/C20H13BrO4/c21-17-13-16(24-19(22)14-7-3-1-4-8-14)11-12-18(17)25-20(23)15-9-5-2-6-10-15/h1-13H. The fourth-order valence-electron chi connectivity index (χ4n) is 2.10. The Morgan fingerprint density at radius 3 is 1.72 bits per heavy atom. The minimum absolute atomic E-state index is 0.341. The van der Waals surface area contributed by atoms with E-state index in [9.17, 15) is 9.59 Å². The SMILES string of the molecule is O=C(Oc1ccc(OC(=O)c2ccccc2)c(Br)c1)c1ccccc1. The van der Waals surface area contributed by atoms with Crippen molar-refractivity contribution in [2.75, 3.05) is 0 Å². The third-order valence-corrected chi connectivity index (χ3v) is 3.96. The summed E-state index contributed by atoms with van der Waals surface area (Å²) in [4.78, 5) is 24.1. The summed E-state index contributed by atoms with van der Waals surface area (Å²) in [5.74, 6) is -0.231. The number of carbonyl (C=O) groups excluding carboxylic acids is 2. The van der Waals surface area contributed by atoms with E-state index in [0.29, 0.717) is 27.1 Å². The molecule has 0 N–H and O–H groups in total. The van der Waals surface area contributed by atoms with Crippen LogP contribution in [0, 0.1) is 0 Å². The van der Waals surface area contributed by atoms with Crippen LogP contribution >= 0.6 is 15.9 Å². The maximum Gasteiger partial charge on any atom is 0.343 e. The molecule has 0 aliphatic carbocycles. The van der Waals surface area contributed by atoms with Crippen LogP contribution in [0.15, 0.2) is 83.3 Å². The number of hydrogen-bond acceptors (Lipinski definition) is 4. The number of ether oxygens (including phenoxy) is 2. The predicted molar refractivity (Wildman–Crippen MR) is 96.9 cm³/mol. The number of rotatable bonds is 4. The number of benzene rings is 3. The molecule has 0 atom stereocenters. The van der Waals surface area contributed by atoms with Gasteiger partial charge in [-0.3, -0.25) is 0 Å². The zero-order chi connectivity index (χ0) is 17.6. The van der Waals surface area contributed by atoms with Crippen molar-refractivity contribution in [2.24, 2.45) is 0 Å². The summed E-state index contributed by atoms with van der Waals surface area (Å²) in [7, 11) is 0.